The zero-order chi connectivity index (χ0) is 15.1. The van der Waals surface area contributed by atoms with E-state index in [0.717, 1.165) is 38.3 Å². The molecule has 124 valence electrons. The van der Waals surface area contributed by atoms with Crippen molar-refractivity contribution in [2.75, 3.05) is 19.8 Å². The van der Waals surface area contributed by atoms with E-state index in [1.54, 1.807) is 0 Å². The van der Waals surface area contributed by atoms with E-state index in [0.29, 0.717) is 12.0 Å². The molecule has 0 radical (unpaired) electrons. The summed E-state index contributed by atoms with van der Waals surface area (Å²) in [5, 5.41) is 13.5. The van der Waals surface area contributed by atoms with Gasteiger partial charge in [-0.1, -0.05) is 33.1 Å². The average Bonchev–Trinajstić information content (AvgIpc) is 2.90. The summed E-state index contributed by atoms with van der Waals surface area (Å²) in [4.78, 5) is 0. The maximum atomic E-state index is 9.90. The van der Waals surface area contributed by atoms with Gasteiger partial charge in [0.05, 0.1) is 12.7 Å². The van der Waals surface area contributed by atoms with Crippen molar-refractivity contribution in [3.8, 4) is 0 Å². The lowest BCUT2D eigenvalue weighted by Gasteiger charge is -2.36. The van der Waals surface area contributed by atoms with Crippen molar-refractivity contribution in [1.29, 1.82) is 0 Å². The number of aliphatic hydroxyl groups is 1. The average molecular weight is 297 g/mol. The molecule has 0 heterocycles. The molecule has 0 spiro atoms. The number of hydrogen-bond donors (Lipinski definition) is 2. The van der Waals surface area contributed by atoms with Crippen LogP contribution in [0.1, 0.15) is 71.6 Å². The van der Waals surface area contributed by atoms with Crippen LogP contribution in [0.4, 0.5) is 0 Å². The van der Waals surface area contributed by atoms with E-state index >= 15 is 0 Å². The summed E-state index contributed by atoms with van der Waals surface area (Å²) in [6.07, 6.45) is 11.6. The molecule has 3 nitrogen and oxygen atoms in total. The molecule has 2 N–H and O–H groups in total. The predicted molar refractivity (Wildman–Crippen MR) is 87.4 cm³/mol. The van der Waals surface area contributed by atoms with E-state index in [1.165, 1.54) is 38.5 Å². The quantitative estimate of drug-likeness (QED) is 0.720. The molecule has 0 aliphatic heterocycles. The first kappa shape index (κ1) is 17.2. The lowest BCUT2D eigenvalue weighted by molar-refractivity contribution is -0.0163. The number of nitrogens with one attached hydrogen (secondary N) is 1. The molecule has 2 aliphatic rings. The van der Waals surface area contributed by atoms with Gasteiger partial charge in [-0.3, -0.25) is 0 Å². The zero-order valence-corrected chi connectivity index (χ0v) is 14.1. The minimum Gasteiger partial charge on any atom is -0.394 e. The fourth-order valence-corrected chi connectivity index (χ4v) is 4.33. The summed E-state index contributed by atoms with van der Waals surface area (Å²) in [7, 11) is 0. The van der Waals surface area contributed by atoms with E-state index in [1.807, 2.05) is 0 Å². The van der Waals surface area contributed by atoms with Gasteiger partial charge >= 0.3 is 0 Å². The first-order valence-electron chi connectivity index (χ1n) is 9.19. The van der Waals surface area contributed by atoms with Gasteiger partial charge in [-0.2, -0.15) is 0 Å². The highest BCUT2D eigenvalue weighted by atomic mass is 16.5. The van der Waals surface area contributed by atoms with Crippen molar-refractivity contribution in [3.05, 3.63) is 0 Å². The Kier molecular flexibility index (Phi) is 6.97. The van der Waals surface area contributed by atoms with E-state index in [2.05, 4.69) is 19.2 Å². The number of ether oxygens (including phenoxy) is 1. The largest absolute Gasteiger partial charge is 0.394 e. The Morgan fingerprint density at radius 1 is 1.19 bits per heavy atom. The molecule has 3 heteroatoms. The fraction of sp³-hybridized carbons (Fsp3) is 1.00. The first-order valence-corrected chi connectivity index (χ1v) is 9.19. The van der Waals surface area contributed by atoms with Crippen LogP contribution in [-0.4, -0.2) is 36.5 Å². The standard InChI is InChI=1S/C18H35NO2/c1-3-12-19-18(14-20)11-6-8-16(18)10-13-21-17-9-5-4-7-15(17)2/h15-17,19-20H,3-14H2,1-2H3. The van der Waals surface area contributed by atoms with Crippen molar-refractivity contribution in [3.63, 3.8) is 0 Å². The summed E-state index contributed by atoms with van der Waals surface area (Å²) in [5.41, 5.74) is -0.0302. The van der Waals surface area contributed by atoms with Gasteiger partial charge in [0.15, 0.2) is 0 Å². The van der Waals surface area contributed by atoms with Crippen LogP contribution in [0.25, 0.3) is 0 Å². The summed E-state index contributed by atoms with van der Waals surface area (Å²) in [6.45, 7) is 6.68. The molecule has 21 heavy (non-hydrogen) atoms. The van der Waals surface area contributed by atoms with Crippen molar-refractivity contribution in [2.45, 2.75) is 83.3 Å². The molecule has 2 aliphatic carbocycles. The Morgan fingerprint density at radius 2 is 2.00 bits per heavy atom. The van der Waals surface area contributed by atoms with Gasteiger partial charge in [-0.25, -0.2) is 0 Å². The first-order chi connectivity index (χ1) is 10.2. The predicted octanol–water partition coefficient (Wildman–Crippen LogP) is 3.50. The number of rotatable bonds is 8. The van der Waals surface area contributed by atoms with E-state index in [4.69, 9.17) is 4.74 Å². The Balaban J connectivity index is 1.77. The third kappa shape index (κ3) is 4.43. The molecule has 2 saturated carbocycles. The molecule has 0 amide bonds. The second-order valence-electron chi connectivity index (χ2n) is 7.29. The Hall–Kier alpha value is -0.120. The molecule has 0 aromatic carbocycles. The number of hydrogen-bond acceptors (Lipinski definition) is 3. The van der Waals surface area contributed by atoms with Gasteiger partial charge in [0, 0.05) is 12.1 Å². The van der Waals surface area contributed by atoms with Crippen LogP contribution in [0.15, 0.2) is 0 Å². The van der Waals surface area contributed by atoms with Crippen LogP contribution < -0.4 is 5.32 Å². The van der Waals surface area contributed by atoms with Gasteiger partial charge in [0.2, 0.25) is 0 Å². The molecule has 0 bridgehead atoms. The molecule has 4 unspecified atom stereocenters. The molecule has 0 aromatic rings. The molecule has 0 aromatic heterocycles. The van der Waals surface area contributed by atoms with Crippen LogP contribution in [-0.2, 0) is 4.74 Å². The van der Waals surface area contributed by atoms with E-state index < -0.39 is 0 Å². The van der Waals surface area contributed by atoms with Crippen LogP contribution in [0.3, 0.4) is 0 Å². The minimum absolute atomic E-state index is 0.0302. The van der Waals surface area contributed by atoms with Crippen LogP contribution in [0.2, 0.25) is 0 Å². The third-order valence-corrected chi connectivity index (χ3v) is 5.80. The summed E-state index contributed by atoms with van der Waals surface area (Å²) in [6, 6.07) is 0. The van der Waals surface area contributed by atoms with Crippen LogP contribution >= 0.6 is 0 Å². The van der Waals surface area contributed by atoms with Crippen LogP contribution in [0, 0.1) is 11.8 Å². The topological polar surface area (TPSA) is 41.5 Å². The summed E-state index contributed by atoms with van der Waals surface area (Å²) >= 11 is 0. The molecule has 0 saturated heterocycles. The van der Waals surface area contributed by atoms with E-state index in [-0.39, 0.29) is 12.1 Å². The summed E-state index contributed by atoms with van der Waals surface area (Å²) in [5.74, 6) is 1.30. The lowest BCUT2D eigenvalue weighted by Crippen LogP contribution is -2.52. The Morgan fingerprint density at radius 3 is 2.71 bits per heavy atom. The molecule has 2 fully saturated rings. The van der Waals surface area contributed by atoms with Crippen LogP contribution in [0.5, 0.6) is 0 Å². The lowest BCUT2D eigenvalue weighted by atomic mass is 9.85. The Labute approximate surface area is 130 Å². The van der Waals surface area contributed by atoms with Gasteiger partial charge in [-0.15, -0.1) is 0 Å². The van der Waals surface area contributed by atoms with Crippen molar-refractivity contribution >= 4 is 0 Å². The van der Waals surface area contributed by atoms with Gasteiger partial charge in [0.25, 0.3) is 0 Å². The second kappa shape index (κ2) is 8.50. The monoisotopic (exact) mass is 297 g/mol. The smallest absolute Gasteiger partial charge is 0.0616 e. The van der Waals surface area contributed by atoms with E-state index in [9.17, 15) is 5.11 Å². The number of aliphatic hydroxyl groups excluding tert-OH is 1. The SMILES string of the molecule is CCCNC1(CO)CCCC1CCOC1CCCCC1C. The van der Waals surface area contributed by atoms with Crippen molar-refractivity contribution in [2.24, 2.45) is 11.8 Å². The van der Waals surface area contributed by atoms with Crippen molar-refractivity contribution < 1.29 is 9.84 Å². The Bertz CT molecular complexity index is 297. The molecule has 2 rings (SSSR count). The third-order valence-electron chi connectivity index (χ3n) is 5.80. The second-order valence-corrected chi connectivity index (χ2v) is 7.29. The molecule has 4 atom stereocenters. The molecular weight excluding hydrogens is 262 g/mol. The minimum atomic E-state index is -0.0302. The van der Waals surface area contributed by atoms with Gasteiger partial charge in [-0.05, 0) is 56.9 Å². The van der Waals surface area contributed by atoms with Crippen molar-refractivity contribution in [1.82, 2.24) is 5.32 Å². The summed E-state index contributed by atoms with van der Waals surface area (Å²) < 4.78 is 6.19. The maximum Gasteiger partial charge on any atom is 0.0616 e. The maximum absolute atomic E-state index is 9.90. The fourth-order valence-electron chi connectivity index (χ4n) is 4.33. The highest BCUT2D eigenvalue weighted by Crippen LogP contribution is 2.38. The normalized spacial score (nSPS) is 37.0. The van der Waals surface area contributed by atoms with Gasteiger partial charge < -0.3 is 15.2 Å². The molecular formula is C18H35NO2. The highest BCUT2D eigenvalue weighted by Gasteiger charge is 2.41. The zero-order valence-electron chi connectivity index (χ0n) is 14.1. The highest BCUT2D eigenvalue weighted by molar-refractivity contribution is 4.98. The van der Waals surface area contributed by atoms with Gasteiger partial charge in [0.1, 0.15) is 0 Å².